The largest absolute Gasteiger partial charge is 0.361 e. The second-order valence-corrected chi connectivity index (χ2v) is 8.20. The molecule has 1 saturated heterocycles. The zero-order valence-corrected chi connectivity index (χ0v) is 17.8. The first kappa shape index (κ1) is 20.4. The van der Waals surface area contributed by atoms with Crippen LogP contribution in [-0.2, 0) is 0 Å². The van der Waals surface area contributed by atoms with Crippen LogP contribution in [0.4, 0.5) is 4.39 Å². The van der Waals surface area contributed by atoms with Gasteiger partial charge in [0.1, 0.15) is 5.82 Å². The number of pyridine rings is 1. The molecular formula is C26H25FN4O. The Morgan fingerprint density at radius 3 is 2.62 bits per heavy atom. The molecule has 0 radical (unpaired) electrons. The van der Waals surface area contributed by atoms with Gasteiger partial charge in [-0.25, -0.2) is 4.39 Å². The molecule has 2 aromatic heterocycles. The Morgan fingerprint density at radius 1 is 1.03 bits per heavy atom. The molecule has 162 valence electrons. The van der Waals surface area contributed by atoms with Crippen molar-refractivity contribution < 1.29 is 9.18 Å². The molecule has 1 fully saturated rings. The third-order valence-electron chi connectivity index (χ3n) is 6.07. The number of H-pyrrole nitrogens is 1. The lowest BCUT2D eigenvalue weighted by Gasteiger charge is -2.14. The first-order chi connectivity index (χ1) is 15.7. The van der Waals surface area contributed by atoms with E-state index in [9.17, 15) is 9.18 Å². The molecule has 5 nitrogen and oxygen atoms in total. The van der Waals surface area contributed by atoms with Gasteiger partial charge in [-0.15, -0.1) is 0 Å². The summed E-state index contributed by atoms with van der Waals surface area (Å²) in [6.45, 7) is 3.78. The molecule has 5 rings (SSSR count). The summed E-state index contributed by atoms with van der Waals surface area (Å²) in [4.78, 5) is 22.8. The molecule has 6 heteroatoms. The number of hydrogen-bond acceptors (Lipinski definition) is 3. The minimum Gasteiger partial charge on any atom is -0.361 e. The first-order valence-electron chi connectivity index (χ1n) is 11.0. The van der Waals surface area contributed by atoms with Crippen LogP contribution in [0.25, 0.3) is 33.3 Å². The molecule has 32 heavy (non-hydrogen) atoms. The number of benzene rings is 2. The minimum atomic E-state index is -0.256. The normalized spacial score (nSPS) is 14.2. The number of carbonyl (C=O) groups excluding carboxylic acids is 1. The molecule has 0 bridgehead atoms. The number of nitrogens with zero attached hydrogens (tertiary/aromatic N) is 2. The molecule has 4 aromatic rings. The summed E-state index contributed by atoms with van der Waals surface area (Å²) in [6, 6.07) is 16.1. The third-order valence-corrected chi connectivity index (χ3v) is 6.07. The van der Waals surface area contributed by atoms with Crippen molar-refractivity contribution in [2.75, 3.05) is 26.2 Å². The molecule has 2 aromatic carbocycles. The number of fused-ring (bicyclic) bond motifs is 1. The number of likely N-dealkylation sites (tertiary alicyclic amines) is 1. The Balaban J connectivity index is 1.37. The van der Waals surface area contributed by atoms with Crippen molar-refractivity contribution in [2.24, 2.45) is 0 Å². The van der Waals surface area contributed by atoms with E-state index in [2.05, 4.69) is 26.3 Å². The highest BCUT2D eigenvalue weighted by Crippen LogP contribution is 2.32. The summed E-state index contributed by atoms with van der Waals surface area (Å²) >= 11 is 0. The molecular weight excluding hydrogens is 403 g/mol. The number of nitrogens with one attached hydrogen (secondary N) is 2. The molecule has 0 saturated carbocycles. The lowest BCUT2D eigenvalue weighted by Crippen LogP contribution is -2.33. The van der Waals surface area contributed by atoms with E-state index in [-0.39, 0.29) is 11.7 Å². The smallest absolute Gasteiger partial charge is 0.251 e. The van der Waals surface area contributed by atoms with Crippen LogP contribution in [0.5, 0.6) is 0 Å². The lowest BCUT2D eigenvalue weighted by atomic mass is 10.0. The van der Waals surface area contributed by atoms with Crippen LogP contribution in [0.1, 0.15) is 23.2 Å². The van der Waals surface area contributed by atoms with E-state index in [1.807, 2.05) is 24.4 Å². The highest BCUT2D eigenvalue weighted by molar-refractivity contribution is 5.98. The van der Waals surface area contributed by atoms with Gasteiger partial charge < -0.3 is 15.2 Å². The summed E-state index contributed by atoms with van der Waals surface area (Å²) < 4.78 is 13.3. The van der Waals surface area contributed by atoms with Crippen LogP contribution in [0.15, 0.2) is 67.0 Å². The third kappa shape index (κ3) is 4.27. The van der Waals surface area contributed by atoms with E-state index in [1.54, 1.807) is 24.4 Å². The average Bonchev–Trinajstić information content (AvgIpc) is 3.49. The summed E-state index contributed by atoms with van der Waals surface area (Å²) in [5, 5.41) is 4.05. The van der Waals surface area contributed by atoms with Gasteiger partial charge in [0.25, 0.3) is 5.91 Å². The van der Waals surface area contributed by atoms with E-state index in [1.165, 1.54) is 25.0 Å². The van der Waals surface area contributed by atoms with Crippen LogP contribution in [0, 0.1) is 5.82 Å². The standard InChI is InChI=1S/C26H25FN4O/c27-21-6-3-18(4-7-21)23-17-30-24-8-5-19(15-22(23)24)25-16-20(9-10-28-25)26(32)29-11-14-31-12-1-2-13-31/h3-10,15-17,30H,1-2,11-14H2,(H,29,32). The number of amides is 1. The van der Waals surface area contributed by atoms with Gasteiger partial charge in [-0.1, -0.05) is 18.2 Å². The highest BCUT2D eigenvalue weighted by Gasteiger charge is 2.13. The zero-order chi connectivity index (χ0) is 21.9. The van der Waals surface area contributed by atoms with Crippen molar-refractivity contribution in [3.8, 4) is 22.4 Å². The quantitative estimate of drug-likeness (QED) is 0.461. The van der Waals surface area contributed by atoms with Gasteiger partial charge in [0.2, 0.25) is 0 Å². The number of carbonyl (C=O) groups is 1. The predicted octanol–water partition coefficient (Wildman–Crippen LogP) is 4.86. The topological polar surface area (TPSA) is 61.0 Å². The fourth-order valence-electron chi connectivity index (χ4n) is 4.31. The molecule has 0 unspecified atom stereocenters. The Bertz CT molecular complexity index is 1240. The average molecular weight is 429 g/mol. The van der Waals surface area contributed by atoms with Gasteiger partial charge in [0.05, 0.1) is 5.69 Å². The van der Waals surface area contributed by atoms with E-state index in [4.69, 9.17) is 0 Å². The van der Waals surface area contributed by atoms with Gasteiger partial charge in [0, 0.05) is 53.1 Å². The van der Waals surface area contributed by atoms with E-state index in [0.29, 0.717) is 12.1 Å². The Kier molecular flexibility index (Phi) is 5.69. The van der Waals surface area contributed by atoms with Gasteiger partial charge in [-0.05, 0) is 67.9 Å². The number of halogens is 1. The van der Waals surface area contributed by atoms with Crippen molar-refractivity contribution in [1.82, 2.24) is 20.2 Å². The first-order valence-corrected chi connectivity index (χ1v) is 11.0. The summed E-state index contributed by atoms with van der Waals surface area (Å²) in [5.74, 6) is -0.337. The van der Waals surface area contributed by atoms with Gasteiger partial charge in [0.15, 0.2) is 0 Å². The molecule has 3 heterocycles. The molecule has 1 aliphatic heterocycles. The fourth-order valence-corrected chi connectivity index (χ4v) is 4.31. The SMILES string of the molecule is O=C(NCCN1CCCC1)c1ccnc(-c2ccc3[nH]cc(-c4ccc(F)cc4)c3c2)c1. The van der Waals surface area contributed by atoms with Crippen LogP contribution >= 0.6 is 0 Å². The molecule has 0 atom stereocenters. The Hall–Kier alpha value is -3.51. The van der Waals surface area contributed by atoms with Crippen LogP contribution < -0.4 is 5.32 Å². The van der Waals surface area contributed by atoms with Crippen molar-refractivity contribution in [1.29, 1.82) is 0 Å². The van der Waals surface area contributed by atoms with Crippen LogP contribution in [0.3, 0.4) is 0 Å². The number of aromatic nitrogens is 2. The summed E-state index contributed by atoms with van der Waals surface area (Å²) in [6.07, 6.45) is 6.10. The highest BCUT2D eigenvalue weighted by atomic mass is 19.1. The second kappa shape index (κ2) is 8.93. The Labute approximate surface area is 186 Å². The van der Waals surface area contributed by atoms with Gasteiger partial charge in [-0.2, -0.15) is 0 Å². The van der Waals surface area contributed by atoms with Crippen molar-refractivity contribution in [3.63, 3.8) is 0 Å². The van der Waals surface area contributed by atoms with Crippen LogP contribution in [-0.4, -0.2) is 47.0 Å². The van der Waals surface area contributed by atoms with Gasteiger partial charge in [-0.3, -0.25) is 9.78 Å². The van der Waals surface area contributed by atoms with Crippen molar-refractivity contribution in [3.05, 3.63) is 78.4 Å². The second-order valence-electron chi connectivity index (χ2n) is 8.20. The number of aromatic amines is 1. The van der Waals surface area contributed by atoms with Crippen molar-refractivity contribution >= 4 is 16.8 Å². The lowest BCUT2D eigenvalue weighted by molar-refractivity contribution is 0.0949. The van der Waals surface area contributed by atoms with E-state index in [0.717, 1.165) is 52.9 Å². The zero-order valence-electron chi connectivity index (χ0n) is 17.8. The maximum atomic E-state index is 13.3. The van der Waals surface area contributed by atoms with E-state index < -0.39 is 0 Å². The predicted molar refractivity (Wildman–Crippen MR) is 125 cm³/mol. The molecule has 2 N–H and O–H groups in total. The maximum Gasteiger partial charge on any atom is 0.251 e. The summed E-state index contributed by atoms with van der Waals surface area (Å²) in [5.41, 5.74) is 5.19. The molecule has 1 aliphatic rings. The number of hydrogen-bond donors (Lipinski definition) is 2. The van der Waals surface area contributed by atoms with Gasteiger partial charge >= 0.3 is 0 Å². The van der Waals surface area contributed by atoms with E-state index >= 15 is 0 Å². The maximum absolute atomic E-state index is 13.3. The molecule has 0 aliphatic carbocycles. The van der Waals surface area contributed by atoms with Crippen LogP contribution in [0.2, 0.25) is 0 Å². The number of rotatable bonds is 6. The summed E-state index contributed by atoms with van der Waals surface area (Å²) in [7, 11) is 0. The van der Waals surface area contributed by atoms with Crippen molar-refractivity contribution in [2.45, 2.75) is 12.8 Å². The monoisotopic (exact) mass is 428 g/mol. The minimum absolute atomic E-state index is 0.0810. The molecule has 1 amide bonds. The fraction of sp³-hybridized carbons (Fsp3) is 0.231. The Morgan fingerprint density at radius 2 is 1.81 bits per heavy atom. The molecule has 0 spiro atoms.